The maximum absolute atomic E-state index is 12.9. The van der Waals surface area contributed by atoms with E-state index in [1.807, 2.05) is 48.5 Å². The van der Waals surface area contributed by atoms with E-state index in [1.165, 1.54) is 0 Å². The molecule has 1 fully saturated rings. The Morgan fingerprint density at radius 3 is 2.17 bits per heavy atom. The van der Waals surface area contributed by atoms with E-state index in [4.69, 9.17) is 5.73 Å². The average Bonchev–Trinajstić information content (AvgIpc) is 3.20. The summed E-state index contributed by atoms with van der Waals surface area (Å²) in [6, 6.07) is 27.4. The lowest BCUT2D eigenvalue weighted by molar-refractivity contribution is -0.126. The largest absolute Gasteiger partial charge is 0.369 e. The van der Waals surface area contributed by atoms with Gasteiger partial charge in [-0.3, -0.25) is 9.59 Å². The molecule has 4 rings (SSSR count). The van der Waals surface area contributed by atoms with E-state index in [9.17, 15) is 9.59 Å². The molecule has 0 unspecified atom stereocenters. The van der Waals surface area contributed by atoms with Crippen LogP contribution in [0.1, 0.15) is 22.3 Å². The zero-order chi connectivity index (χ0) is 20.3. The van der Waals surface area contributed by atoms with Gasteiger partial charge in [-0.1, -0.05) is 72.8 Å². The van der Waals surface area contributed by atoms with Gasteiger partial charge in [-0.2, -0.15) is 0 Å². The van der Waals surface area contributed by atoms with Gasteiger partial charge >= 0.3 is 0 Å². The molecule has 4 nitrogen and oxygen atoms in total. The van der Waals surface area contributed by atoms with Crippen molar-refractivity contribution in [2.24, 2.45) is 11.1 Å². The van der Waals surface area contributed by atoms with Crippen LogP contribution in [-0.2, 0) is 11.2 Å². The first-order valence-corrected chi connectivity index (χ1v) is 9.87. The quantitative estimate of drug-likeness (QED) is 0.725. The van der Waals surface area contributed by atoms with Crippen molar-refractivity contribution in [2.75, 3.05) is 13.1 Å². The van der Waals surface area contributed by atoms with E-state index in [0.717, 1.165) is 16.7 Å². The minimum absolute atomic E-state index is 0.0509. The molecule has 3 aromatic carbocycles. The lowest BCUT2D eigenvalue weighted by Gasteiger charge is -2.27. The number of primary amides is 1. The Morgan fingerprint density at radius 2 is 1.48 bits per heavy atom. The first kappa shape index (κ1) is 18.9. The van der Waals surface area contributed by atoms with Gasteiger partial charge in [0.15, 0.2) is 0 Å². The van der Waals surface area contributed by atoms with Crippen molar-refractivity contribution < 1.29 is 9.59 Å². The molecule has 2 N–H and O–H groups in total. The number of carbonyl (C=O) groups is 2. The number of carbonyl (C=O) groups excluding carboxylic acids is 2. The Kier molecular flexibility index (Phi) is 5.17. The normalized spacial score (nSPS) is 18.6. The average molecular weight is 384 g/mol. The zero-order valence-electron chi connectivity index (χ0n) is 16.3. The smallest absolute Gasteiger partial charge is 0.253 e. The molecule has 1 aliphatic heterocycles. The summed E-state index contributed by atoms with van der Waals surface area (Å²) in [5.74, 6) is -0.395. The second-order valence-electron chi connectivity index (χ2n) is 7.69. The molecule has 1 atom stereocenters. The third kappa shape index (κ3) is 3.79. The summed E-state index contributed by atoms with van der Waals surface area (Å²) >= 11 is 0. The molecular weight excluding hydrogens is 360 g/mol. The highest BCUT2D eigenvalue weighted by atomic mass is 16.2. The first-order chi connectivity index (χ1) is 14.1. The molecule has 1 heterocycles. The molecule has 3 aromatic rings. The summed E-state index contributed by atoms with van der Waals surface area (Å²) in [6.45, 7) is 0.878. The second kappa shape index (κ2) is 7.92. The minimum Gasteiger partial charge on any atom is -0.369 e. The third-order valence-electron chi connectivity index (χ3n) is 5.82. The topological polar surface area (TPSA) is 63.4 Å². The first-order valence-electron chi connectivity index (χ1n) is 9.87. The molecule has 0 radical (unpaired) electrons. The Bertz CT molecular complexity index is 1020. The van der Waals surface area contributed by atoms with E-state index < -0.39 is 5.41 Å². The maximum Gasteiger partial charge on any atom is 0.253 e. The van der Waals surface area contributed by atoms with E-state index in [2.05, 4.69) is 24.3 Å². The fourth-order valence-electron chi connectivity index (χ4n) is 4.18. The van der Waals surface area contributed by atoms with E-state index in [-0.39, 0.29) is 11.8 Å². The van der Waals surface area contributed by atoms with Gasteiger partial charge in [-0.15, -0.1) is 0 Å². The van der Waals surface area contributed by atoms with Crippen molar-refractivity contribution in [2.45, 2.75) is 12.8 Å². The Hall–Kier alpha value is -3.40. The lowest BCUT2D eigenvalue weighted by Crippen LogP contribution is -2.42. The van der Waals surface area contributed by atoms with E-state index in [1.54, 1.807) is 17.0 Å². The summed E-state index contributed by atoms with van der Waals surface area (Å²) in [5, 5.41) is 0. The van der Waals surface area contributed by atoms with Gasteiger partial charge in [0.05, 0.1) is 5.41 Å². The highest BCUT2D eigenvalue weighted by Gasteiger charge is 2.45. The highest BCUT2D eigenvalue weighted by molar-refractivity contribution is 5.95. The van der Waals surface area contributed by atoms with E-state index >= 15 is 0 Å². The van der Waals surface area contributed by atoms with Crippen LogP contribution in [-0.4, -0.2) is 29.8 Å². The number of nitrogens with two attached hydrogens (primary N) is 1. The number of likely N-dealkylation sites (tertiary alicyclic amines) is 1. The lowest BCUT2D eigenvalue weighted by atomic mass is 9.78. The Labute approximate surface area is 171 Å². The van der Waals surface area contributed by atoms with Gasteiger partial charge in [-0.25, -0.2) is 0 Å². The van der Waals surface area contributed by atoms with E-state index in [0.29, 0.717) is 31.5 Å². The molecule has 0 aromatic heterocycles. The van der Waals surface area contributed by atoms with Crippen LogP contribution in [0.15, 0.2) is 84.9 Å². The van der Waals surface area contributed by atoms with Crippen molar-refractivity contribution in [3.8, 4) is 11.1 Å². The molecule has 4 heteroatoms. The van der Waals surface area contributed by atoms with Crippen molar-refractivity contribution in [3.05, 3.63) is 96.1 Å². The van der Waals surface area contributed by atoms with Gasteiger partial charge in [-0.05, 0) is 41.7 Å². The molecule has 146 valence electrons. The summed E-state index contributed by atoms with van der Waals surface area (Å²) < 4.78 is 0. The van der Waals surface area contributed by atoms with Gasteiger partial charge in [0, 0.05) is 18.7 Å². The van der Waals surface area contributed by atoms with Gasteiger partial charge < -0.3 is 10.6 Å². The fraction of sp³-hybridized carbons (Fsp3) is 0.200. The molecule has 0 saturated carbocycles. The molecule has 0 spiro atoms. The fourth-order valence-corrected chi connectivity index (χ4v) is 4.18. The predicted octanol–water partition coefficient (Wildman–Crippen LogP) is 3.91. The molecule has 29 heavy (non-hydrogen) atoms. The monoisotopic (exact) mass is 384 g/mol. The number of hydrogen-bond acceptors (Lipinski definition) is 2. The highest BCUT2D eigenvalue weighted by Crippen LogP contribution is 2.37. The zero-order valence-corrected chi connectivity index (χ0v) is 16.3. The number of rotatable bonds is 5. The molecule has 1 saturated heterocycles. The minimum atomic E-state index is -0.755. The van der Waals surface area contributed by atoms with Gasteiger partial charge in [0.2, 0.25) is 5.91 Å². The molecule has 1 aliphatic rings. The number of benzene rings is 3. The van der Waals surface area contributed by atoms with Crippen LogP contribution in [0.2, 0.25) is 0 Å². The van der Waals surface area contributed by atoms with Crippen LogP contribution < -0.4 is 5.73 Å². The molecule has 0 aliphatic carbocycles. The van der Waals surface area contributed by atoms with Crippen LogP contribution in [0.4, 0.5) is 0 Å². The predicted molar refractivity (Wildman–Crippen MR) is 114 cm³/mol. The second-order valence-corrected chi connectivity index (χ2v) is 7.69. The SMILES string of the molecule is NC(=O)[C@]1(Cc2ccccc2-c2ccccc2)CCN(C(=O)c2ccccc2)C1. The van der Waals surface area contributed by atoms with Gasteiger partial charge in [0.25, 0.3) is 5.91 Å². The maximum atomic E-state index is 12.9. The Balaban J connectivity index is 1.62. The number of nitrogens with zero attached hydrogens (tertiary/aromatic N) is 1. The van der Waals surface area contributed by atoms with Crippen LogP contribution >= 0.6 is 0 Å². The summed E-state index contributed by atoms with van der Waals surface area (Å²) in [5.41, 5.74) is 9.06. The number of amides is 2. The number of hydrogen-bond donors (Lipinski definition) is 1. The van der Waals surface area contributed by atoms with Crippen molar-refractivity contribution >= 4 is 11.8 Å². The van der Waals surface area contributed by atoms with Gasteiger partial charge in [0.1, 0.15) is 0 Å². The Morgan fingerprint density at radius 1 is 0.862 bits per heavy atom. The van der Waals surface area contributed by atoms with Crippen LogP contribution in [0.5, 0.6) is 0 Å². The molecule has 0 bridgehead atoms. The summed E-state index contributed by atoms with van der Waals surface area (Å²) in [6.07, 6.45) is 1.09. The van der Waals surface area contributed by atoms with Crippen molar-refractivity contribution in [3.63, 3.8) is 0 Å². The van der Waals surface area contributed by atoms with Crippen molar-refractivity contribution in [1.29, 1.82) is 0 Å². The van der Waals surface area contributed by atoms with Crippen LogP contribution in [0, 0.1) is 5.41 Å². The standard InChI is InChI=1S/C25H24N2O2/c26-24(29)25(15-16-27(18-25)23(28)20-11-5-2-6-12-20)17-21-13-7-8-14-22(21)19-9-3-1-4-10-19/h1-14H,15-18H2,(H2,26,29)/t25-/m0/s1. The summed E-state index contributed by atoms with van der Waals surface area (Å²) in [4.78, 5) is 27.2. The van der Waals surface area contributed by atoms with Crippen LogP contribution in [0.25, 0.3) is 11.1 Å². The molecular formula is C25H24N2O2. The third-order valence-corrected chi connectivity index (χ3v) is 5.82. The molecule has 2 amide bonds. The summed E-state index contributed by atoms with van der Waals surface area (Å²) in [7, 11) is 0. The van der Waals surface area contributed by atoms with Crippen molar-refractivity contribution in [1.82, 2.24) is 4.90 Å². The van der Waals surface area contributed by atoms with Crippen LogP contribution in [0.3, 0.4) is 0 Å².